The van der Waals surface area contributed by atoms with Crippen LogP contribution in [0.3, 0.4) is 0 Å². The molecule has 2 rings (SSSR count). The number of benzene rings is 1. The second-order valence-corrected chi connectivity index (χ2v) is 3.18. The van der Waals surface area contributed by atoms with Gasteiger partial charge in [0.25, 0.3) is 0 Å². The average Bonchev–Trinajstić information content (AvgIpc) is 2.78. The molecule has 0 bridgehead atoms. The van der Waals surface area contributed by atoms with Crippen molar-refractivity contribution in [1.82, 2.24) is 10.1 Å². The number of hydrogen-bond donors (Lipinski definition) is 0. The van der Waals surface area contributed by atoms with Crippen LogP contribution in [-0.4, -0.2) is 15.9 Å². The SMILES string of the molecule is N#CCc1nc(C(=O)c2ccc(F)cc2)no1. The van der Waals surface area contributed by atoms with Crippen LogP contribution in [0.5, 0.6) is 0 Å². The summed E-state index contributed by atoms with van der Waals surface area (Å²) in [6.07, 6.45) is -0.0519. The van der Waals surface area contributed by atoms with Crippen molar-refractivity contribution in [3.63, 3.8) is 0 Å². The Hall–Kier alpha value is -2.55. The maximum atomic E-state index is 12.7. The van der Waals surface area contributed by atoms with Gasteiger partial charge in [-0.2, -0.15) is 10.2 Å². The first-order valence-corrected chi connectivity index (χ1v) is 4.70. The van der Waals surface area contributed by atoms with Crippen LogP contribution in [0.25, 0.3) is 0 Å². The fourth-order valence-electron chi connectivity index (χ4n) is 1.22. The standard InChI is InChI=1S/C11H6FN3O2/c12-8-3-1-7(2-4-8)10(16)11-14-9(5-6-13)17-15-11/h1-4H,5H2. The molecule has 0 saturated heterocycles. The van der Waals surface area contributed by atoms with Gasteiger partial charge in [-0.15, -0.1) is 0 Å². The summed E-state index contributed by atoms with van der Waals surface area (Å²) < 4.78 is 17.4. The molecule has 17 heavy (non-hydrogen) atoms. The van der Waals surface area contributed by atoms with Gasteiger partial charge in [-0.3, -0.25) is 4.79 Å². The van der Waals surface area contributed by atoms with Crippen LogP contribution in [-0.2, 0) is 6.42 Å². The first kappa shape index (κ1) is 11.0. The largest absolute Gasteiger partial charge is 0.338 e. The van der Waals surface area contributed by atoms with E-state index in [-0.39, 0.29) is 23.7 Å². The Kier molecular flexibility index (Phi) is 2.92. The van der Waals surface area contributed by atoms with Crippen molar-refractivity contribution in [3.05, 3.63) is 47.4 Å². The zero-order valence-electron chi connectivity index (χ0n) is 8.55. The Morgan fingerprint density at radius 1 is 1.41 bits per heavy atom. The average molecular weight is 231 g/mol. The zero-order chi connectivity index (χ0) is 12.3. The lowest BCUT2D eigenvalue weighted by Gasteiger charge is -1.94. The maximum Gasteiger partial charge on any atom is 0.243 e. The van der Waals surface area contributed by atoms with Gasteiger partial charge in [0.15, 0.2) is 0 Å². The Labute approximate surface area is 95.5 Å². The molecule has 0 aliphatic heterocycles. The number of ketones is 1. The summed E-state index contributed by atoms with van der Waals surface area (Å²) in [6, 6.07) is 6.83. The number of aromatic nitrogens is 2. The monoisotopic (exact) mass is 231 g/mol. The second kappa shape index (κ2) is 4.53. The third-order valence-corrected chi connectivity index (χ3v) is 2.01. The molecule has 0 fully saturated rings. The zero-order valence-corrected chi connectivity index (χ0v) is 8.55. The number of nitrogens with zero attached hydrogens (tertiary/aromatic N) is 3. The molecule has 0 unspecified atom stereocenters. The van der Waals surface area contributed by atoms with E-state index in [0.717, 1.165) is 0 Å². The van der Waals surface area contributed by atoms with E-state index in [1.54, 1.807) is 0 Å². The molecule has 0 amide bonds. The predicted octanol–water partition coefficient (Wildman–Crippen LogP) is 1.51. The highest BCUT2D eigenvalue weighted by molar-refractivity contribution is 6.06. The van der Waals surface area contributed by atoms with Crippen LogP contribution < -0.4 is 0 Å². The van der Waals surface area contributed by atoms with Gasteiger partial charge in [0.05, 0.1) is 6.07 Å². The van der Waals surface area contributed by atoms with Crippen molar-refractivity contribution in [3.8, 4) is 6.07 Å². The quantitative estimate of drug-likeness (QED) is 0.748. The normalized spacial score (nSPS) is 9.88. The summed E-state index contributed by atoms with van der Waals surface area (Å²) in [5.74, 6) is -0.961. The third kappa shape index (κ3) is 2.34. The first-order valence-electron chi connectivity index (χ1n) is 4.70. The van der Waals surface area contributed by atoms with Gasteiger partial charge in [0.2, 0.25) is 17.5 Å². The van der Waals surface area contributed by atoms with Crippen LogP contribution in [0, 0.1) is 17.1 Å². The van der Waals surface area contributed by atoms with Crippen molar-refractivity contribution in [1.29, 1.82) is 5.26 Å². The van der Waals surface area contributed by atoms with E-state index < -0.39 is 11.6 Å². The Morgan fingerprint density at radius 2 is 2.12 bits per heavy atom. The molecule has 0 saturated carbocycles. The summed E-state index contributed by atoms with van der Waals surface area (Å²) in [6.45, 7) is 0. The minimum atomic E-state index is -0.474. The molecule has 0 aliphatic rings. The van der Waals surface area contributed by atoms with E-state index in [9.17, 15) is 9.18 Å². The molecule has 6 heteroatoms. The number of nitriles is 1. The van der Waals surface area contributed by atoms with Crippen LogP contribution in [0.2, 0.25) is 0 Å². The van der Waals surface area contributed by atoms with Gasteiger partial charge in [-0.1, -0.05) is 5.16 Å². The van der Waals surface area contributed by atoms with Gasteiger partial charge in [-0.05, 0) is 24.3 Å². The molecule has 1 aromatic heterocycles. The summed E-state index contributed by atoms with van der Waals surface area (Å²) >= 11 is 0. The highest BCUT2D eigenvalue weighted by atomic mass is 19.1. The smallest absolute Gasteiger partial charge is 0.243 e. The third-order valence-electron chi connectivity index (χ3n) is 2.01. The lowest BCUT2D eigenvalue weighted by atomic mass is 10.1. The van der Waals surface area contributed by atoms with E-state index in [0.29, 0.717) is 0 Å². The fourth-order valence-corrected chi connectivity index (χ4v) is 1.22. The van der Waals surface area contributed by atoms with Crippen molar-refractivity contribution in [2.24, 2.45) is 0 Å². The minimum Gasteiger partial charge on any atom is -0.338 e. The Balaban J connectivity index is 2.25. The van der Waals surface area contributed by atoms with Crippen molar-refractivity contribution < 1.29 is 13.7 Å². The molecule has 0 aliphatic carbocycles. The van der Waals surface area contributed by atoms with E-state index in [1.807, 2.05) is 6.07 Å². The molecular formula is C11H6FN3O2. The molecule has 1 heterocycles. The topological polar surface area (TPSA) is 79.8 Å². The van der Waals surface area contributed by atoms with Crippen molar-refractivity contribution in [2.75, 3.05) is 0 Å². The highest BCUT2D eigenvalue weighted by Gasteiger charge is 2.16. The predicted molar refractivity (Wildman–Crippen MR) is 53.4 cm³/mol. The number of carbonyl (C=O) groups is 1. The van der Waals surface area contributed by atoms with Gasteiger partial charge in [-0.25, -0.2) is 4.39 Å². The molecule has 0 radical (unpaired) electrons. The lowest BCUT2D eigenvalue weighted by Crippen LogP contribution is -2.03. The molecule has 2 aromatic rings. The summed E-state index contributed by atoms with van der Waals surface area (Å²) in [4.78, 5) is 15.5. The number of carbonyl (C=O) groups excluding carboxylic acids is 1. The van der Waals surface area contributed by atoms with Gasteiger partial charge in [0.1, 0.15) is 12.2 Å². The van der Waals surface area contributed by atoms with E-state index in [1.165, 1.54) is 24.3 Å². The maximum absolute atomic E-state index is 12.7. The Bertz CT molecular complexity index is 584. The van der Waals surface area contributed by atoms with Crippen LogP contribution in [0.15, 0.2) is 28.8 Å². The number of halogens is 1. The van der Waals surface area contributed by atoms with E-state index >= 15 is 0 Å². The minimum absolute atomic E-state index is 0.0519. The van der Waals surface area contributed by atoms with E-state index in [2.05, 4.69) is 10.1 Å². The molecule has 1 aromatic carbocycles. The molecular weight excluding hydrogens is 225 g/mol. The molecule has 84 valence electrons. The lowest BCUT2D eigenvalue weighted by molar-refractivity contribution is 0.102. The van der Waals surface area contributed by atoms with Gasteiger partial charge in [0, 0.05) is 5.56 Å². The van der Waals surface area contributed by atoms with Crippen molar-refractivity contribution in [2.45, 2.75) is 6.42 Å². The molecule has 0 atom stereocenters. The molecule has 0 N–H and O–H groups in total. The molecule has 5 nitrogen and oxygen atoms in total. The van der Waals surface area contributed by atoms with Crippen LogP contribution >= 0.6 is 0 Å². The van der Waals surface area contributed by atoms with E-state index in [4.69, 9.17) is 9.78 Å². The number of hydrogen-bond acceptors (Lipinski definition) is 5. The van der Waals surface area contributed by atoms with Gasteiger partial charge < -0.3 is 4.52 Å². The number of rotatable bonds is 3. The van der Waals surface area contributed by atoms with Crippen LogP contribution in [0.4, 0.5) is 4.39 Å². The Morgan fingerprint density at radius 3 is 2.76 bits per heavy atom. The summed E-state index contributed by atoms with van der Waals surface area (Å²) in [5, 5.41) is 11.9. The highest BCUT2D eigenvalue weighted by Crippen LogP contribution is 2.08. The summed E-state index contributed by atoms with van der Waals surface area (Å²) in [5.41, 5.74) is 0.260. The van der Waals surface area contributed by atoms with Crippen LogP contribution in [0.1, 0.15) is 22.1 Å². The second-order valence-electron chi connectivity index (χ2n) is 3.18. The summed E-state index contributed by atoms with van der Waals surface area (Å²) in [7, 11) is 0. The van der Waals surface area contributed by atoms with Crippen molar-refractivity contribution >= 4 is 5.78 Å². The van der Waals surface area contributed by atoms with Gasteiger partial charge >= 0.3 is 0 Å². The first-order chi connectivity index (χ1) is 8.20. The molecule has 0 spiro atoms. The fraction of sp³-hybridized carbons (Fsp3) is 0.0909.